The first kappa shape index (κ1) is 11.3. The summed E-state index contributed by atoms with van der Waals surface area (Å²) in [6.07, 6.45) is -0.138. The lowest BCUT2D eigenvalue weighted by molar-refractivity contribution is -0.618. The summed E-state index contributed by atoms with van der Waals surface area (Å²) in [6.45, 7) is 0. The van der Waals surface area contributed by atoms with Crippen molar-refractivity contribution in [2.24, 2.45) is 0 Å². The fourth-order valence-corrected chi connectivity index (χ4v) is 1.28. The summed E-state index contributed by atoms with van der Waals surface area (Å²) in [4.78, 5) is 19.8. The summed E-state index contributed by atoms with van der Waals surface area (Å²) >= 11 is 0. The summed E-state index contributed by atoms with van der Waals surface area (Å²) in [5.41, 5.74) is -0.0307. The van der Waals surface area contributed by atoms with E-state index in [1.54, 1.807) is 6.07 Å². The highest BCUT2D eigenvalue weighted by Crippen LogP contribution is 2.31. The number of hydrogen-bond acceptors (Lipinski definition) is 3. The van der Waals surface area contributed by atoms with Crippen LogP contribution in [0, 0.1) is 10.1 Å². The van der Waals surface area contributed by atoms with E-state index in [1.807, 2.05) is 0 Å². The number of halogens is 1. The number of alkyl halides is 1. The molecule has 1 unspecified atom stereocenters. The van der Waals surface area contributed by atoms with Crippen molar-refractivity contribution in [1.29, 1.82) is 0 Å². The minimum Gasteiger partial charge on any atom is -0.303 e. The van der Waals surface area contributed by atoms with Crippen LogP contribution in [0.2, 0.25) is 0 Å². The van der Waals surface area contributed by atoms with Gasteiger partial charge in [-0.2, -0.15) is 4.39 Å². The van der Waals surface area contributed by atoms with E-state index >= 15 is 0 Å². The fraction of sp³-hybridized carbons (Fsp3) is 0.300. The Bertz CT molecular complexity index is 355. The molecule has 0 heterocycles. The zero-order valence-electron chi connectivity index (χ0n) is 7.93. The second-order valence-electron chi connectivity index (χ2n) is 3.09. The second-order valence-corrected chi connectivity index (χ2v) is 3.09. The molecule has 15 heavy (non-hydrogen) atoms. The first-order chi connectivity index (χ1) is 7.11. The van der Waals surface area contributed by atoms with E-state index in [4.69, 9.17) is 0 Å². The zero-order chi connectivity index (χ0) is 11.3. The average molecular weight is 211 g/mol. The Morgan fingerprint density at radius 1 is 1.40 bits per heavy atom. The molecule has 80 valence electrons. The monoisotopic (exact) mass is 211 g/mol. The Kier molecular flexibility index (Phi) is 3.49. The molecule has 0 N–H and O–H groups in total. The fourth-order valence-electron chi connectivity index (χ4n) is 1.28. The average Bonchev–Trinajstić information content (AvgIpc) is 2.27. The van der Waals surface area contributed by atoms with E-state index in [-0.39, 0.29) is 12.0 Å². The predicted octanol–water partition coefficient (Wildman–Crippen LogP) is 2.06. The predicted molar refractivity (Wildman–Crippen MR) is 51.5 cm³/mol. The second kappa shape index (κ2) is 4.63. The summed E-state index contributed by atoms with van der Waals surface area (Å²) in [5.74, 6) is -2.66. The van der Waals surface area contributed by atoms with Crippen molar-refractivity contribution in [2.75, 3.05) is 0 Å². The maximum atomic E-state index is 14.0. The molecule has 0 aliphatic rings. The van der Waals surface area contributed by atoms with Gasteiger partial charge in [-0.25, -0.2) is 0 Å². The first-order valence-corrected chi connectivity index (χ1v) is 4.44. The van der Waals surface area contributed by atoms with Crippen LogP contribution in [0.3, 0.4) is 0 Å². The summed E-state index contributed by atoms with van der Waals surface area (Å²) in [5, 5.41) is 10.6. The smallest absolute Gasteiger partial charge is 0.303 e. The number of nitrogens with zero attached hydrogens (tertiary/aromatic N) is 1. The number of rotatable bonds is 5. The molecule has 0 aromatic heterocycles. The lowest BCUT2D eigenvalue weighted by Gasteiger charge is -2.15. The molecule has 1 atom stereocenters. The minimum absolute atomic E-state index is 0.0307. The maximum absolute atomic E-state index is 14.0. The van der Waals surface area contributed by atoms with Crippen molar-refractivity contribution < 1.29 is 14.1 Å². The molecule has 0 saturated carbocycles. The van der Waals surface area contributed by atoms with Gasteiger partial charge in [0, 0.05) is 6.42 Å². The molecule has 0 amide bonds. The molecule has 0 aliphatic heterocycles. The van der Waals surface area contributed by atoms with Gasteiger partial charge in [0.1, 0.15) is 6.29 Å². The molecule has 0 spiro atoms. The quantitative estimate of drug-likeness (QED) is 0.324. The number of hydrogen-bond donors (Lipinski definition) is 0. The highest BCUT2D eigenvalue weighted by molar-refractivity contribution is 5.49. The third-order valence-electron chi connectivity index (χ3n) is 2.10. The van der Waals surface area contributed by atoms with Gasteiger partial charge in [0.15, 0.2) is 0 Å². The number of aldehydes is 1. The van der Waals surface area contributed by atoms with E-state index in [2.05, 4.69) is 0 Å². The Balaban J connectivity index is 3.01. The van der Waals surface area contributed by atoms with E-state index in [1.165, 1.54) is 24.3 Å². The van der Waals surface area contributed by atoms with E-state index in [0.717, 1.165) is 0 Å². The normalized spacial score (nSPS) is 14.2. The van der Waals surface area contributed by atoms with Crippen LogP contribution in [0.25, 0.3) is 0 Å². The van der Waals surface area contributed by atoms with Gasteiger partial charge in [-0.3, -0.25) is 10.1 Å². The van der Waals surface area contributed by atoms with Gasteiger partial charge in [0.05, 0.1) is 16.9 Å². The van der Waals surface area contributed by atoms with Crippen LogP contribution in [0.1, 0.15) is 18.4 Å². The zero-order valence-corrected chi connectivity index (χ0v) is 7.93. The third kappa shape index (κ3) is 2.37. The highest BCUT2D eigenvalue weighted by Gasteiger charge is 2.44. The van der Waals surface area contributed by atoms with Crippen LogP contribution in [-0.4, -0.2) is 11.2 Å². The summed E-state index contributed by atoms with van der Waals surface area (Å²) in [7, 11) is 0. The van der Waals surface area contributed by atoms with Crippen LogP contribution >= 0.6 is 0 Å². The Morgan fingerprint density at radius 3 is 2.47 bits per heavy atom. The largest absolute Gasteiger partial charge is 0.385 e. The Labute approximate surface area is 85.9 Å². The number of carbonyl (C=O) groups excluding carboxylic acids is 1. The third-order valence-corrected chi connectivity index (χ3v) is 2.10. The summed E-state index contributed by atoms with van der Waals surface area (Å²) < 4.78 is 14.0. The molecule has 1 aromatic rings. The molecule has 4 nitrogen and oxygen atoms in total. The van der Waals surface area contributed by atoms with Gasteiger partial charge in [-0.15, -0.1) is 0 Å². The standard InChI is InChI=1S/C10H10FNO3/c11-10(12(14)15,7-4-8-13)9-5-2-1-3-6-9/h1-3,5-6,8H,4,7H2. The SMILES string of the molecule is O=CCCC(F)(c1ccccc1)[N+](=O)[O-]. The molecule has 0 aliphatic carbocycles. The van der Waals surface area contributed by atoms with Crippen LogP contribution < -0.4 is 0 Å². The van der Waals surface area contributed by atoms with Gasteiger partial charge >= 0.3 is 5.79 Å². The molecule has 0 saturated heterocycles. The minimum atomic E-state index is -2.66. The van der Waals surface area contributed by atoms with Crippen molar-refractivity contribution in [1.82, 2.24) is 0 Å². The van der Waals surface area contributed by atoms with Crippen molar-refractivity contribution in [3.05, 3.63) is 46.0 Å². The molecule has 1 aromatic carbocycles. The van der Waals surface area contributed by atoms with Crippen molar-refractivity contribution in [3.63, 3.8) is 0 Å². The molecule has 1 rings (SSSR count). The van der Waals surface area contributed by atoms with Crippen LogP contribution in [0.5, 0.6) is 0 Å². The molecule has 5 heteroatoms. The van der Waals surface area contributed by atoms with Gasteiger partial charge in [0.25, 0.3) is 0 Å². The van der Waals surface area contributed by atoms with Gasteiger partial charge in [0.2, 0.25) is 0 Å². The van der Waals surface area contributed by atoms with Crippen molar-refractivity contribution >= 4 is 6.29 Å². The Hall–Kier alpha value is -1.78. The number of carbonyl (C=O) groups is 1. The molecular weight excluding hydrogens is 201 g/mol. The lowest BCUT2D eigenvalue weighted by Crippen LogP contribution is -2.30. The Morgan fingerprint density at radius 2 is 2.00 bits per heavy atom. The molecular formula is C10H10FNO3. The molecule has 0 radical (unpaired) electrons. The summed E-state index contributed by atoms with van der Waals surface area (Å²) in [6, 6.07) is 7.37. The number of nitro groups is 1. The molecule has 0 bridgehead atoms. The lowest BCUT2D eigenvalue weighted by atomic mass is 10.0. The van der Waals surface area contributed by atoms with E-state index < -0.39 is 17.1 Å². The van der Waals surface area contributed by atoms with Crippen LogP contribution in [-0.2, 0) is 10.6 Å². The van der Waals surface area contributed by atoms with Crippen LogP contribution in [0.15, 0.2) is 30.3 Å². The first-order valence-electron chi connectivity index (χ1n) is 4.44. The highest BCUT2D eigenvalue weighted by atomic mass is 19.1. The van der Waals surface area contributed by atoms with Crippen molar-refractivity contribution in [3.8, 4) is 0 Å². The molecule has 0 fully saturated rings. The van der Waals surface area contributed by atoms with E-state index in [9.17, 15) is 19.3 Å². The maximum Gasteiger partial charge on any atom is 0.385 e. The van der Waals surface area contributed by atoms with Gasteiger partial charge in [-0.1, -0.05) is 18.2 Å². The van der Waals surface area contributed by atoms with E-state index in [0.29, 0.717) is 6.29 Å². The van der Waals surface area contributed by atoms with Crippen LogP contribution in [0.4, 0.5) is 4.39 Å². The van der Waals surface area contributed by atoms with Gasteiger partial charge in [-0.05, 0) is 12.1 Å². The topological polar surface area (TPSA) is 60.2 Å². The van der Waals surface area contributed by atoms with Crippen molar-refractivity contribution in [2.45, 2.75) is 18.6 Å². The number of benzene rings is 1. The van der Waals surface area contributed by atoms with Gasteiger partial charge < -0.3 is 4.79 Å².